The zero-order valence-electron chi connectivity index (χ0n) is 7.95. The highest BCUT2D eigenvalue weighted by atomic mass is 16.1. The van der Waals surface area contributed by atoms with Gasteiger partial charge in [0.1, 0.15) is 0 Å². The third-order valence-electron chi connectivity index (χ3n) is 1.76. The molecule has 1 aromatic rings. The SMILES string of the molecule is CC(=O)NCN(C)c1ccccc1. The third kappa shape index (κ3) is 3.15. The van der Waals surface area contributed by atoms with Gasteiger partial charge in [0.15, 0.2) is 0 Å². The molecule has 0 saturated carbocycles. The van der Waals surface area contributed by atoms with E-state index in [-0.39, 0.29) is 5.91 Å². The Kier molecular flexibility index (Phi) is 3.31. The van der Waals surface area contributed by atoms with Crippen molar-refractivity contribution in [2.45, 2.75) is 6.92 Å². The van der Waals surface area contributed by atoms with E-state index in [1.807, 2.05) is 42.3 Å². The topological polar surface area (TPSA) is 32.3 Å². The van der Waals surface area contributed by atoms with E-state index >= 15 is 0 Å². The minimum atomic E-state index is -0.0113. The van der Waals surface area contributed by atoms with Gasteiger partial charge in [0.2, 0.25) is 5.91 Å². The van der Waals surface area contributed by atoms with Crippen molar-refractivity contribution in [2.24, 2.45) is 0 Å². The molecular weight excluding hydrogens is 164 g/mol. The molecule has 1 N–H and O–H groups in total. The maximum absolute atomic E-state index is 10.6. The normalized spacial score (nSPS) is 9.38. The van der Waals surface area contributed by atoms with Gasteiger partial charge in [-0.15, -0.1) is 0 Å². The Bertz CT molecular complexity index is 272. The molecule has 0 saturated heterocycles. The van der Waals surface area contributed by atoms with Gasteiger partial charge < -0.3 is 10.2 Å². The first kappa shape index (κ1) is 9.58. The van der Waals surface area contributed by atoms with Crippen LogP contribution in [0.2, 0.25) is 0 Å². The molecule has 13 heavy (non-hydrogen) atoms. The molecular formula is C10H14N2O. The number of benzene rings is 1. The zero-order valence-corrected chi connectivity index (χ0v) is 7.95. The molecule has 1 amide bonds. The first-order valence-electron chi connectivity index (χ1n) is 4.21. The molecule has 1 aromatic carbocycles. The molecule has 0 aromatic heterocycles. The number of hydrogen-bond donors (Lipinski definition) is 1. The van der Waals surface area contributed by atoms with E-state index < -0.39 is 0 Å². The Morgan fingerprint density at radius 3 is 2.54 bits per heavy atom. The number of carbonyl (C=O) groups is 1. The molecule has 0 bridgehead atoms. The Morgan fingerprint density at radius 1 is 1.38 bits per heavy atom. The Hall–Kier alpha value is -1.51. The molecule has 70 valence electrons. The van der Waals surface area contributed by atoms with Crippen LogP contribution in [0, 0.1) is 0 Å². The van der Waals surface area contributed by atoms with Crippen LogP contribution in [-0.2, 0) is 4.79 Å². The third-order valence-corrected chi connectivity index (χ3v) is 1.76. The maximum Gasteiger partial charge on any atom is 0.218 e. The molecule has 0 fully saturated rings. The number of rotatable bonds is 3. The quantitative estimate of drug-likeness (QED) is 0.706. The van der Waals surface area contributed by atoms with Gasteiger partial charge in [-0.3, -0.25) is 4.79 Å². The molecule has 0 heterocycles. The van der Waals surface area contributed by atoms with Crippen LogP contribution in [0.25, 0.3) is 0 Å². The second-order valence-corrected chi connectivity index (χ2v) is 2.92. The molecule has 0 aliphatic carbocycles. The maximum atomic E-state index is 10.6. The summed E-state index contributed by atoms with van der Waals surface area (Å²) >= 11 is 0. The number of nitrogens with zero attached hydrogens (tertiary/aromatic N) is 1. The van der Waals surface area contributed by atoms with Crippen LogP contribution in [0.15, 0.2) is 30.3 Å². The van der Waals surface area contributed by atoms with E-state index in [9.17, 15) is 4.79 Å². The number of anilines is 1. The van der Waals surface area contributed by atoms with E-state index in [0.717, 1.165) is 5.69 Å². The fourth-order valence-electron chi connectivity index (χ4n) is 1.00. The van der Waals surface area contributed by atoms with Crippen molar-refractivity contribution >= 4 is 11.6 Å². The lowest BCUT2D eigenvalue weighted by molar-refractivity contribution is -0.118. The lowest BCUT2D eigenvalue weighted by atomic mass is 10.3. The van der Waals surface area contributed by atoms with Crippen LogP contribution in [0.1, 0.15) is 6.92 Å². The van der Waals surface area contributed by atoms with Crippen LogP contribution >= 0.6 is 0 Å². The summed E-state index contributed by atoms with van der Waals surface area (Å²) in [6.07, 6.45) is 0. The fraction of sp³-hybridized carbons (Fsp3) is 0.300. The van der Waals surface area contributed by atoms with Crippen molar-refractivity contribution in [1.82, 2.24) is 5.32 Å². The van der Waals surface area contributed by atoms with E-state index in [2.05, 4.69) is 5.32 Å². The summed E-state index contributed by atoms with van der Waals surface area (Å²) in [5, 5.41) is 2.73. The van der Waals surface area contributed by atoms with Crippen molar-refractivity contribution in [3.8, 4) is 0 Å². The van der Waals surface area contributed by atoms with Crippen LogP contribution in [0.4, 0.5) is 5.69 Å². The van der Waals surface area contributed by atoms with Gasteiger partial charge in [-0.25, -0.2) is 0 Å². The highest BCUT2D eigenvalue weighted by Crippen LogP contribution is 2.09. The van der Waals surface area contributed by atoms with Crippen LogP contribution in [-0.4, -0.2) is 19.6 Å². The molecule has 0 aliphatic rings. The van der Waals surface area contributed by atoms with Crippen molar-refractivity contribution in [3.05, 3.63) is 30.3 Å². The summed E-state index contributed by atoms with van der Waals surface area (Å²) < 4.78 is 0. The monoisotopic (exact) mass is 178 g/mol. The lowest BCUT2D eigenvalue weighted by Crippen LogP contribution is -2.33. The van der Waals surface area contributed by atoms with Gasteiger partial charge in [-0.05, 0) is 12.1 Å². The second-order valence-electron chi connectivity index (χ2n) is 2.92. The second kappa shape index (κ2) is 4.50. The molecule has 0 unspecified atom stereocenters. The van der Waals surface area contributed by atoms with Gasteiger partial charge in [0, 0.05) is 19.7 Å². The van der Waals surface area contributed by atoms with Gasteiger partial charge >= 0.3 is 0 Å². The molecule has 1 rings (SSSR count). The molecule has 0 radical (unpaired) electrons. The largest absolute Gasteiger partial charge is 0.357 e. The predicted molar refractivity (Wildman–Crippen MR) is 53.5 cm³/mol. The average Bonchev–Trinajstić information content (AvgIpc) is 2.15. The number of para-hydroxylation sites is 1. The van der Waals surface area contributed by atoms with Crippen LogP contribution in [0.5, 0.6) is 0 Å². The Labute approximate surface area is 78.4 Å². The smallest absolute Gasteiger partial charge is 0.218 e. The van der Waals surface area contributed by atoms with Gasteiger partial charge in [0.05, 0.1) is 6.67 Å². The fourth-order valence-corrected chi connectivity index (χ4v) is 1.00. The number of hydrogen-bond acceptors (Lipinski definition) is 2. The Morgan fingerprint density at radius 2 is 2.00 bits per heavy atom. The van der Waals surface area contributed by atoms with E-state index in [1.165, 1.54) is 6.92 Å². The molecule has 3 heteroatoms. The van der Waals surface area contributed by atoms with E-state index in [4.69, 9.17) is 0 Å². The van der Waals surface area contributed by atoms with Crippen molar-refractivity contribution in [1.29, 1.82) is 0 Å². The van der Waals surface area contributed by atoms with Gasteiger partial charge in [-0.2, -0.15) is 0 Å². The number of nitrogens with one attached hydrogen (secondary N) is 1. The molecule has 3 nitrogen and oxygen atoms in total. The summed E-state index contributed by atoms with van der Waals surface area (Å²) in [5.41, 5.74) is 1.09. The van der Waals surface area contributed by atoms with Crippen LogP contribution < -0.4 is 10.2 Å². The summed E-state index contributed by atoms with van der Waals surface area (Å²) in [6.45, 7) is 2.05. The van der Waals surface area contributed by atoms with E-state index in [0.29, 0.717) is 6.67 Å². The summed E-state index contributed by atoms with van der Waals surface area (Å²) in [5.74, 6) is -0.0113. The number of carbonyl (C=O) groups excluding carboxylic acids is 1. The average molecular weight is 178 g/mol. The van der Waals surface area contributed by atoms with Crippen LogP contribution in [0.3, 0.4) is 0 Å². The Balaban J connectivity index is 2.49. The highest BCUT2D eigenvalue weighted by molar-refractivity contribution is 5.73. The summed E-state index contributed by atoms with van der Waals surface area (Å²) in [4.78, 5) is 12.6. The molecule has 0 aliphatic heterocycles. The lowest BCUT2D eigenvalue weighted by Gasteiger charge is -2.18. The molecule has 0 spiro atoms. The summed E-state index contributed by atoms with van der Waals surface area (Å²) in [6, 6.07) is 9.92. The minimum Gasteiger partial charge on any atom is -0.357 e. The van der Waals surface area contributed by atoms with Crippen molar-refractivity contribution in [3.63, 3.8) is 0 Å². The van der Waals surface area contributed by atoms with Crippen molar-refractivity contribution in [2.75, 3.05) is 18.6 Å². The first-order chi connectivity index (χ1) is 6.20. The highest BCUT2D eigenvalue weighted by Gasteiger charge is 1.98. The van der Waals surface area contributed by atoms with Gasteiger partial charge in [-0.1, -0.05) is 18.2 Å². The minimum absolute atomic E-state index is 0.0113. The zero-order chi connectivity index (χ0) is 9.68. The number of amides is 1. The van der Waals surface area contributed by atoms with Gasteiger partial charge in [0.25, 0.3) is 0 Å². The van der Waals surface area contributed by atoms with Crippen molar-refractivity contribution < 1.29 is 4.79 Å². The first-order valence-corrected chi connectivity index (χ1v) is 4.21. The standard InChI is InChI=1S/C10H14N2O/c1-9(13)11-8-12(2)10-6-4-3-5-7-10/h3-7H,8H2,1-2H3,(H,11,13). The molecule has 0 atom stereocenters. The van der Waals surface area contributed by atoms with E-state index in [1.54, 1.807) is 0 Å². The summed E-state index contributed by atoms with van der Waals surface area (Å²) in [7, 11) is 1.94. The predicted octanol–water partition coefficient (Wildman–Crippen LogP) is 1.22.